The molecule has 0 radical (unpaired) electrons. The van der Waals surface area contributed by atoms with Crippen molar-refractivity contribution >= 4 is 34.5 Å². The number of allylic oxidation sites excluding steroid dienone is 2. The first-order valence-electron chi connectivity index (χ1n) is 12.9. The van der Waals surface area contributed by atoms with Crippen LogP contribution < -0.4 is 4.90 Å². The molecule has 0 spiro atoms. The summed E-state index contributed by atoms with van der Waals surface area (Å²) < 4.78 is 40.2. The molecule has 0 aliphatic heterocycles. The lowest BCUT2D eigenvalue weighted by molar-refractivity contribution is -0.124. The second-order valence-corrected chi connectivity index (χ2v) is 11.4. The van der Waals surface area contributed by atoms with Crippen LogP contribution in [0.15, 0.2) is 11.9 Å². The van der Waals surface area contributed by atoms with Crippen molar-refractivity contribution in [3.63, 3.8) is 0 Å². The number of methoxy groups -OCH3 is 2. The third-order valence-electron chi connectivity index (χ3n) is 8.01. The molecule has 8 heteroatoms. The van der Waals surface area contributed by atoms with Crippen molar-refractivity contribution in [2.45, 2.75) is 95.9 Å². The highest BCUT2D eigenvalue weighted by Crippen LogP contribution is 2.44. The Morgan fingerprint density at radius 1 is 1.03 bits per heavy atom. The summed E-state index contributed by atoms with van der Waals surface area (Å²) in [5.74, 6) is -0.538. The zero-order valence-electron chi connectivity index (χ0n) is 21.0. The van der Waals surface area contributed by atoms with Crippen LogP contribution in [0.2, 0.25) is 0 Å². The molecule has 3 aliphatic rings. The summed E-state index contributed by atoms with van der Waals surface area (Å²) in [6.45, 7) is 2.21. The van der Waals surface area contributed by atoms with Crippen LogP contribution in [-0.2, 0) is 14.3 Å². The lowest BCUT2D eigenvalue weighted by atomic mass is 9.81. The first-order valence-corrected chi connectivity index (χ1v) is 13.8. The molecular formula is C27H37F2NO4S. The van der Waals surface area contributed by atoms with Crippen molar-refractivity contribution in [2.24, 2.45) is 11.8 Å². The molecule has 1 aromatic rings. The minimum absolute atomic E-state index is 0.0159. The summed E-state index contributed by atoms with van der Waals surface area (Å²) in [5, 5.41) is 0. The van der Waals surface area contributed by atoms with E-state index in [0.29, 0.717) is 22.9 Å². The lowest BCUT2D eigenvalue weighted by Crippen LogP contribution is -2.47. The van der Waals surface area contributed by atoms with Crippen LogP contribution in [0.1, 0.15) is 92.1 Å². The summed E-state index contributed by atoms with van der Waals surface area (Å²) in [5.41, 5.74) is 0.471. The third-order valence-corrected chi connectivity index (χ3v) is 9.15. The Bertz CT molecular complexity index is 945. The molecule has 5 nitrogen and oxygen atoms in total. The van der Waals surface area contributed by atoms with Crippen molar-refractivity contribution in [1.29, 1.82) is 0 Å². The van der Waals surface area contributed by atoms with Crippen LogP contribution in [0.5, 0.6) is 0 Å². The fraction of sp³-hybridized carbons (Fsp3) is 0.704. The number of nitrogens with zero attached hydrogens (tertiary/aromatic N) is 1. The predicted octanol–water partition coefficient (Wildman–Crippen LogP) is 6.85. The maximum atomic E-state index is 14.8. The molecule has 0 bridgehead atoms. The number of anilines is 1. The molecule has 0 aromatic carbocycles. The smallest absolute Gasteiger partial charge is 0.350 e. The Morgan fingerprint density at radius 3 is 2.31 bits per heavy atom. The van der Waals surface area contributed by atoms with E-state index >= 15 is 0 Å². The van der Waals surface area contributed by atoms with Crippen molar-refractivity contribution in [1.82, 2.24) is 0 Å². The van der Waals surface area contributed by atoms with E-state index < -0.39 is 18.0 Å². The van der Waals surface area contributed by atoms with E-state index in [0.717, 1.165) is 62.7 Å². The van der Waals surface area contributed by atoms with Gasteiger partial charge in [0.05, 0.1) is 18.9 Å². The fourth-order valence-electron chi connectivity index (χ4n) is 5.84. The number of alkyl halides is 1. The molecule has 4 rings (SSSR count). The van der Waals surface area contributed by atoms with Gasteiger partial charge < -0.3 is 14.4 Å². The molecule has 3 aliphatic carbocycles. The maximum absolute atomic E-state index is 14.8. The average Bonchev–Trinajstić information content (AvgIpc) is 3.28. The standard InChI is InChI=1S/C27H37F2NO4S/c1-16-7-9-17(10-8-16)26(31)30(18-11-13-19(33-2)14-12-18)22-15-23(35-25(22)27(32)34-3)24-20(28)5-4-6-21(24)29/h15-20H,4-14H2,1-3H3/t16-,17-,18-,19-,20?. The van der Waals surface area contributed by atoms with E-state index in [1.165, 1.54) is 7.11 Å². The molecular weight excluding hydrogens is 472 g/mol. The van der Waals surface area contributed by atoms with Gasteiger partial charge in [-0.05, 0) is 82.6 Å². The molecule has 35 heavy (non-hydrogen) atoms. The van der Waals surface area contributed by atoms with Gasteiger partial charge in [-0.1, -0.05) is 6.92 Å². The van der Waals surface area contributed by atoms with Crippen molar-refractivity contribution in [2.75, 3.05) is 19.1 Å². The monoisotopic (exact) mass is 509 g/mol. The third kappa shape index (κ3) is 5.63. The second kappa shape index (κ2) is 11.5. The van der Waals surface area contributed by atoms with Gasteiger partial charge in [0, 0.05) is 29.5 Å². The van der Waals surface area contributed by atoms with Gasteiger partial charge in [0.15, 0.2) is 0 Å². The van der Waals surface area contributed by atoms with E-state index in [4.69, 9.17) is 9.47 Å². The molecule has 0 saturated heterocycles. The summed E-state index contributed by atoms with van der Waals surface area (Å²) >= 11 is 1.04. The van der Waals surface area contributed by atoms with Crippen molar-refractivity contribution in [3.05, 3.63) is 21.6 Å². The minimum Gasteiger partial charge on any atom is -0.465 e. The molecule has 1 heterocycles. The lowest BCUT2D eigenvalue weighted by Gasteiger charge is -2.39. The number of ether oxygens (including phenoxy) is 2. The Kier molecular flexibility index (Phi) is 8.63. The van der Waals surface area contributed by atoms with Gasteiger partial charge in [-0.15, -0.1) is 11.3 Å². The van der Waals surface area contributed by atoms with Crippen LogP contribution in [0, 0.1) is 11.8 Å². The van der Waals surface area contributed by atoms with E-state index in [9.17, 15) is 18.4 Å². The SMILES string of the molecule is COC(=O)c1sc(C2=C(F)CCCC2F)cc1N(C(=O)[C@H]1CC[C@H](C)CC1)[C@H]1CC[C@H](OC)CC1. The van der Waals surface area contributed by atoms with Gasteiger partial charge in [0.25, 0.3) is 0 Å². The largest absolute Gasteiger partial charge is 0.465 e. The van der Waals surface area contributed by atoms with E-state index in [1.54, 1.807) is 18.1 Å². The van der Waals surface area contributed by atoms with Gasteiger partial charge in [0.2, 0.25) is 5.91 Å². The predicted molar refractivity (Wildman–Crippen MR) is 134 cm³/mol. The van der Waals surface area contributed by atoms with Crippen molar-refractivity contribution < 1.29 is 27.8 Å². The number of carbonyl (C=O) groups excluding carboxylic acids is 2. The summed E-state index contributed by atoms with van der Waals surface area (Å²) in [4.78, 5) is 29.3. The van der Waals surface area contributed by atoms with Gasteiger partial charge in [-0.3, -0.25) is 4.79 Å². The fourth-order valence-corrected chi connectivity index (χ4v) is 7.01. The van der Waals surface area contributed by atoms with Gasteiger partial charge in [-0.2, -0.15) is 0 Å². The van der Waals surface area contributed by atoms with E-state index in [2.05, 4.69) is 6.92 Å². The molecule has 0 N–H and O–H groups in total. The Labute approximate surface area is 210 Å². The number of thiophene rings is 1. The maximum Gasteiger partial charge on any atom is 0.350 e. The van der Waals surface area contributed by atoms with Crippen LogP contribution in [-0.4, -0.2) is 44.4 Å². The van der Waals surface area contributed by atoms with Crippen LogP contribution >= 0.6 is 11.3 Å². The average molecular weight is 510 g/mol. The molecule has 2 fully saturated rings. The van der Waals surface area contributed by atoms with Gasteiger partial charge >= 0.3 is 5.97 Å². The van der Waals surface area contributed by atoms with Gasteiger partial charge in [-0.25, -0.2) is 13.6 Å². The van der Waals surface area contributed by atoms with Crippen molar-refractivity contribution in [3.8, 4) is 0 Å². The zero-order valence-corrected chi connectivity index (χ0v) is 21.8. The highest BCUT2D eigenvalue weighted by molar-refractivity contribution is 7.15. The van der Waals surface area contributed by atoms with Gasteiger partial charge in [0.1, 0.15) is 16.9 Å². The van der Waals surface area contributed by atoms with Crippen LogP contribution in [0.25, 0.3) is 5.57 Å². The molecule has 194 valence electrons. The minimum atomic E-state index is -1.41. The summed E-state index contributed by atoms with van der Waals surface area (Å²) in [6.07, 6.45) is 6.45. The first-order chi connectivity index (χ1) is 16.8. The van der Waals surface area contributed by atoms with E-state index in [1.807, 2.05) is 0 Å². The normalized spacial score (nSPS) is 29.7. The topological polar surface area (TPSA) is 55.8 Å². The summed E-state index contributed by atoms with van der Waals surface area (Å²) in [7, 11) is 3.00. The Balaban J connectivity index is 1.76. The number of rotatable bonds is 6. The Morgan fingerprint density at radius 2 is 1.71 bits per heavy atom. The summed E-state index contributed by atoms with van der Waals surface area (Å²) in [6, 6.07) is 1.57. The molecule has 1 aromatic heterocycles. The number of carbonyl (C=O) groups is 2. The van der Waals surface area contributed by atoms with Crippen LogP contribution in [0.4, 0.5) is 14.5 Å². The molecule has 1 unspecified atom stereocenters. The quantitative estimate of drug-likeness (QED) is 0.393. The number of amides is 1. The van der Waals surface area contributed by atoms with Crippen LogP contribution in [0.3, 0.4) is 0 Å². The number of hydrogen-bond acceptors (Lipinski definition) is 5. The van der Waals surface area contributed by atoms with E-state index in [-0.39, 0.29) is 47.3 Å². The molecule has 2 saturated carbocycles. The highest BCUT2D eigenvalue weighted by Gasteiger charge is 2.38. The molecule has 1 atom stereocenters. The Hall–Kier alpha value is -1.80. The number of hydrogen-bond donors (Lipinski definition) is 0. The number of esters is 1. The first kappa shape index (κ1) is 26.3. The highest BCUT2D eigenvalue weighted by atomic mass is 32.1. The second-order valence-electron chi connectivity index (χ2n) is 10.3. The molecule has 1 amide bonds. The number of halogens is 2. The zero-order chi connectivity index (χ0) is 25.1.